The molecule has 38 heavy (non-hydrogen) atoms. The summed E-state index contributed by atoms with van der Waals surface area (Å²) >= 11 is 0. The van der Waals surface area contributed by atoms with Crippen molar-refractivity contribution in [2.45, 2.75) is 33.5 Å². The lowest BCUT2D eigenvalue weighted by Crippen LogP contribution is -2.68. The summed E-state index contributed by atoms with van der Waals surface area (Å²) in [7, 11) is -1.55. The van der Waals surface area contributed by atoms with Crippen molar-refractivity contribution in [1.29, 1.82) is 0 Å². The predicted octanol–water partition coefficient (Wildman–Crippen LogP) is 7.38. The topological polar surface area (TPSA) is 7.76 Å². The van der Waals surface area contributed by atoms with Crippen molar-refractivity contribution in [2.24, 2.45) is 0 Å². The van der Waals surface area contributed by atoms with Crippen LogP contribution in [0.1, 0.15) is 11.1 Å². The zero-order chi connectivity index (χ0) is 26.4. The van der Waals surface area contributed by atoms with E-state index in [-0.39, 0.29) is 0 Å². The van der Waals surface area contributed by atoms with Gasteiger partial charge in [-0.2, -0.15) is 0 Å². The van der Waals surface area contributed by atoms with Gasteiger partial charge in [-0.15, -0.1) is 0 Å². The Kier molecular flexibility index (Phi) is 5.96. The van der Waals surface area contributed by atoms with Gasteiger partial charge in [0.15, 0.2) is 0 Å². The first kappa shape index (κ1) is 24.3. The third-order valence-corrected chi connectivity index (χ3v) is 9.70. The third-order valence-electron chi connectivity index (χ3n) is 7.66. The monoisotopic (exact) mass is 510 g/mol. The van der Waals surface area contributed by atoms with Crippen molar-refractivity contribution in [3.63, 3.8) is 0 Å². The normalized spacial score (nSPS) is 11.8. The molecule has 0 N–H and O–H groups in total. The Balaban J connectivity index is 1.67. The second-order valence-electron chi connectivity index (χ2n) is 11.3. The second kappa shape index (κ2) is 9.34. The zero-order valence-electron chi connectivity index (χ0n) is 22.9. The molecule has 0 aliphatic heterocycles. The van der Waals surface area contributed by atoms with Crippen LogP contribution in [0.25, 0.3) is 44.1 Å². The maximum Gasteiger partial charge on any atom is 0.284 e. The molecule has 0 bridgehead atoms. The highest BCUT2D eigenvalue weighted by atomic mass is 28.3. The highest BCUT2D eigenvalue weighted by Gasteiger charge is 2.31. The molecular formula is C35H34N2Si+2. The number of hydrogen-bond donors (Lipinski definition) is 0. The van der Waals surface area contributed by atoms with Crippen LogP contribution >= 0.6 is 0 Å². The molecule has 0 aliphatic carbocycles. The molecule has 0 amide bonds. The molecule has 0 saturated heterocycles. The van der Waals surface area contributed by atoms with Crippen LogP contribution in [-0.2, 0) is 0 Å². The number of benzene rings is 4. The molecule has 2 heterocycles. The van der Waals surface area contributed by atoms with Crippen molar-refractivity contribution in [3.8, 4) is 22.5 Å². The van der Waals surface area contributed by atoms with Gasteiger partial charge in [0.2, 0.25) is 12.4 Å². The van der Waals surface area contributed by atoms with Crippen LogP contribution in [0.4, 0.5) is 0 Å². The minimum atomic E-state index is -1.55. The predicted molar refractivity (Wildman–Crippen MR) is 162 cm³/mol. The minimum absolute atomic E-state index is 1.17. The molecule has 3 heteroatoms. The molecule has 6 aromatic rings. The van der Waals surface area contributed by atoms with E-state index in [9.17, 15) is 0 Å². The van der Waals surface area contributed by atoms with Gasteiger partial charge in [0.05, 0.1) is 28.6 Å². The van der Waals surface area contributed by atoms with Gasteiger partial charge in [-0.1, -0.05) is 80.3 Å². The molecule has 0 radical (unpaired) electrons. The van der Waals surface area contributed by atoms with Gasteiger partial charge in [-0.25, -0.2) is 0 Å². The van der Waals surface area contributed by atoms with E-state index in [1.54, 1.807) is 0 Å². The average molecular weight is 511 g/mol. The number of hydrogen-bond acceptors (Lipinski definition) is 0. The molecule has 6 rings (SSSR count). The highest BCUT2D eigenvalue weighted by Crippen LogP contribution is 2.31. The van der Waals surface area contributed by atoms with E-state index in [4.69, 9.17) is 0 Å². The van der Waals surface area contributed by atoms with Gasteiger partial charge in [-0.05, 0) is 69.9 Å². The van der Waals surface area contributed by atoms with Crippen LogP contribution in [0.2, 0.25) is 19.6 Å². The standard InChI is InChI=1S/C35H34N2Si/c1-25-12-6-8-14-30(25)34-16-10-11-20-36(34)37-21-19-29(38(3,4)5)23-35(37)32-24-33-28(22-26(32)2)18-17-27-13-7-9-15-31(27)33/h6-24H,1-5H3/q+2. The molecule has 0 saturated carbocycles. The number of fused-ring (bicyclic) bond motifs is 3. The molecule has 2 nitrogen and oxygen atoms in total. The SMILES string of the molecule is Cc1ccccc1-c1cccc[n+]1-[n+]1ccc([Si](C)(C)C)cc1-c1cc2c(ccc3ccccc32)cc1C. The van der Waals surface area contributed by atoms with Crippen LogP contribution in [0.15, 0.2) is 116 Å². The second-order valence-corrected chi connectivity index (χ2v) is 16.4. The summed E-state index contributed by atoms with van der Waals surface area (Å²) in [6.45, 7) is 11.7. The van der Waals surface area contributed by atoms with Crippen LogP contribution in [0, 0.1) is 13.8 Å². The number of rotatable bonds is 4. The van der Waals surface area contributed by atoms with Gasteiger partial charge in [0.25, 0.3) is 11.4 Å². The third kappa shape index (κ3) is 4.23. The van der Waals surface area contributed by atoms with E-state index in [0.717, 1.165) is 0 Å². The van der Waals surface area contributed by atoms with Gasteiger partial charge in [0.1, 0.15) is 0 Å². The van der Waals surface area contributed by atoms with Crippen molar-refractivity contribution >= 4 is 34.8 Å². The Hall–Kier alpha value is -4.08. The molecule has 0 unspecified atom stereocenters. The number of pyridine rings is 2. The maximum absolute atomic E-state index is 2.44. The molecular weight excluding hydrogens is 476 g/mol. The summed E-state index contributed by atoms with van der Waals surface area (Å²) in [5, 5.41) is 6.61. The molecule has 0 spiro atoms. The maximum atomic E-state index is 2.44. The summed E-state index contributed by atoms with van der Waals surface area (Å²) < 4.78 is 4.61. The van der Waals surface area contributed by atoms with E-state index in [2.05, 4.69) is 158 Å². The molecule has 186 valence electrons. The lowest BCUT2D eigenvalue weighted by Gasteiger charge is -2.16. The van der Waals surface area contributed by atoms with E-state index < -0.39 is 8.07 Å². The van der Waals surface area contributed by atoms with Gasteiger partial charge < -0.3 is 0 Å². The van der Waals surface area contributed by atoms with Crippen molar-refractivity contribution in [3.05, 3.63) is 127 Å². The summed E-state index contributed by atoms with van der Waals surface area (Å²) in [6.07, 6.45) is 4.43. The fraction of sp³-hybridized carbons (Fsp3) is 0.143. The van der Waals surface area contributed by atoms with Gasteiger partial charge in [0, 0.05) is 24.3 Å². The number of aromatic nitrogens is 2. The lowest BCUT2D eigenvalue weighted by atomic mass is 9.95. The van der Waals surface area contributed by atoms with Gasteiger partial charge in [-0.3, -0.25) is 0 Å². The summed E-state index contributed by atoms with van der Waals surface area (Å²) in [6, 6.07) is 37.8. The van der Waals surface area contributed by atoms with E-state index in [1.807, 2.05) is 0 Å². The fourth-order valence-electron chi connectivity index (χ4n) is 5.49. The van der Waals surface area contributed by atoms with Crippen LogP contribution in [0.5, 0.6) is 0 Å². The summed E-state index contributed by atoms with van der Waals surface area (Å²) in [5.74, 6) is 0. The number of aryl methyl sites for hydroxylation is 2. The molecule has 0 fully saturated rings. The van der Waals surface area contributed by atoms with Gasteiger partial charge >= 0.3 is 0 Å². The Labute approximate surface area is 226 Å². The largest absolute Gasteiger partial charge is 0.284 e. The van der Waals surface area contributed by atoms with Crippen molar-refractivity contribution in [2.75, 3.05) is 0 Å². The molecule has 0 aliphatic rings. The summed E-state index contributed by atoms with van der Waals surface area (Å²) in [5.41, 5.74) is 7.43. The van der Waals surface area contributed by atoms with Crippen LogP contribution in [0.3, 0.4) is 0 Å². The Bertz CT molecular complexity index is 1830. The fourth-order valence-corrected chi connectivity index (χ4v) is 6.63. The first-order chi connectivity index (χ1) is 18.3. The number of nitrogens with zero attached hydrogens (tertiary/aromatic N) is 2. The Morgan fingerprint density at radius 1 is 0.500 bits per heavy atom. The van der Waals surface area contributed by atoms with E-state index in [0.29, 0.717) is 0 Å². The smallest absolute Gasteiger partial charge is 0.0656 e. The first-order valence-electron chi connectivity index (χ1n) is 13.4. The van der Waals surface area contributed by atoms with Crippen molar-refractivity contribution < 1.29 is 9.35 Å². The van der Waals surface area contributed by atoms with Crippen LogP contribution < -0.4 is 14.5 Å². The highest BCUT2D eigenvalue weighted by molar-refractivity contribution is 6.88. The quantitative estimate of drug-likeness (QED) is 0.133. The zero-order valence-corrected chi connectivity index (χ0v) is 23.9. The van der Waals surface area contributed by atoms with E-state index in [1.165, 1.54) is 60.4 Å². The average Bonchev–Trinajstić information content (AvgIpc) is 2.92. The molecule has 4 aromatic carbocycles. The van der Waals surface area contributed by atoms with E-state index >= 15 is 0 Å². The van der Waals surface area contributed by atoms with Crippen molar-refractivity contribution in [1.82, 2.24) is 0 Å². The first-order valence-corrected chi connectivity index (χ1v) is 16.9. The minimum Gasteiger partial charge on any atom is -0.0656 e. The molecule has 2 aromatic heterocycles. The molecule has 0 atom stereocenters. The lowest BCUT2D eigenvalue weighted by molar-refractivity contribution is -1.29. The Morgan fingerprint density at radius 2 is 1.21 bits per heavy atom. The Morgan fingerprint density at radius 3 is 2.03 bits per heavy atom. The van der Waals surface area contributed by atoms with Crippen LogP contribution in [-0.4, -0.2) is 8.07 Å². The summed E-state index contributed by atoms with van der Waals surface area (Å²) in [4.78, 5) is 0.